The Morgan fingerprint density at radius 1 is 0.742 bits per heavy atom. The van der Waals surface area contributed by atoms with Crippen molar-refractivity contribution in [2.24, 2.45) is 5.92 Å². The molecule has 0 unspecified atom stereocenters. The first-order chi connectivity index (χ1) is 31.3. The summed E-state index contributed by atoms with van der Waals surface area (Å²) in [6, 6.07) is 57.6. The molecular formula is C59H56GeIrN4O-2. The number of benzene rings is 6. The van der Waals surface area contributed by atoms with Gasteiger partial charge in [0.05, 0.1) is 33.6 Å². The molecule has 4 aromatic heterocycles. The van der Waals surface area contributed by atoms with E-state index in [1.807, 2.05) is 48.7 Å². The summed E-state index contributed by atoms with van der Waals surface area (Å²) in [5.41, 5.74) is 16.6. The molecule has 0 bridgehead atoms. The molecule has 7 heteroatoms. The van der Waals surface area contributed by atoms with Gasteiger partial charge in [-0.1, -0.05) is 106 Å². The minimum Gasteiger partial charge on any atom is -0.499 e. The zero-order valence-electron chi connectivity index (χ0n) is 39.3. The van der Waals surface area contributed by atoms with Crippen molar-refractivity contribution < 1.29 is 24.5 Å². The van der Waals surface area contributed by atoms with Crippen molar-refractivity contribution in [1.82, 2.24) is 19.5 Å². The minimum absolute atomic E-state index is 0. The first-order valence-corrected chi connectivity index (χ1v) is 30.0. The molecule has 66 heavy (non-hydrogen) atoms. The number of aryl methyl sites for hydroxylation is 1. The molecule has 0 saturated carbocycles. The number of hydrogen-bond acceptors (Lipinski definition) is 4. The Morgan fingerprint density at radius 3 is 2.02 bits per heavy atom. The van der Waals surface area contributed by atoms with Crippen LogP contribution in [0.3, 0.4) is 0 Å². The molecule has 333 valence electrons. The first-order valence-electron chi connectivity index (χ1n) is 22.7. The third kappa shape index (κ3) is 9.37. The van der Waals surface area contributed by atoms with Gasteiger partial charge in [0.25, 0.3) is 0 Å². The van der Waals surface area contributed by atoms with E-state index in [0.29, 0.717) is 5.92 Å². The van der Waals surface area contributed by atoms with Gasteiger partial charge in [-0.3, -0.25) is 9.97 Å². The molecule has 10 aromatic rings. The second-order valence-electron chi connectivity index (χ2n) is 19.5. The van der Waals surface area contributed by atoms with Crippen molar-refractivity contribution in [1.29, 1.82) is 0 Å². The van der Waals surface area contributed by atoms with Crippen LogP contribution in [0.4, 0.5) is 0 Å². The van der Waals surface area contributed by atoms with E-state index in [0.717, 1.165) is 95.7 Å². The van der Waals surface area contributed by atoms with Gasteiger partial charge in [0.1, 0.15) is 5.58 Å². The zero-order valence-corrected chi connectivity index (χ0v) is 43.8. The van der Waals surface area contributed by atoms with Crippen LogP contribution >= 0.6 is 0 Å². The number of hydrogen-bond donors (Lipinski definition) is 0. The van der Waals surface area contributed by atoms with Gasteiger partial charge in [-0.25, -0.2) is 0 Å². The minimum atomic E-state index is -1.86. The average Bonchev–Trinajstić information content (AvgIpc) is 3.89. The Hall–Kier alpha value is -5.92. The van der Waals surface area contributed by atoms with Gasteiger partial charge in [-0.15, -0.1) is 17.7 Å². The molecule has 5 nitrogen and oxygen atoms in total. The maximum atomic E-state index is 6.55. The predicted octanol–water partition coefficient (Wildman–Crippen LogP) is 15.0. The Labute approximate surface area is 406 Å². The van der Waals surface area contributed by atoms with E-state index in [9.17, 15) is 0 Å². The van der Waals surface area contributed by atoms with Gasteiger partial charge in [0, 0.05) is 37.4 Å². The van der Waals surface area contributed by atoms with E-state index in [-0.39, 0.29) is 25.5 Å². The molecule has 0 N–H and O–H groups in total. The summed E-state index contributed by atoms with van der Waals surface area (Å²) in [7, 11) is 0. The van der Waals surface area contributed by atoms with E-state index < -0.39 is 13.3 Å². The molecule has 0 saturated heterocycles. The molecule has 0 aliphatic rings. The summed E-state index contributed by atoms with van der Waals surface area (Å²) < 4.78 is 10.4. The van der Waals surface area contributed by atoms with Crippen LogP contribution in [-0.2, 0) is 31.9 Å². The third-order valence-corrected chi connectivity index (χ3v) is 16.4. The van der Waals surface area contributed by atoms with Crippen LogP contribution < -0.4 is 4.40 Å². The number of fused-ring (bicyclic) bond motifs is 4. The molecule has 0 atom stereocenters. The fourth-order valence-electron chi connectivity index (χ4n) is 8.84. The molecule has 0 amide bonds. The predicted molar refractivity (Wildman–Crippen MR) is 275 cm³/mol. The van der Waals surface area contributed by atoms with Crippen molar-refractivity contribution in [2.45, 2.75) is 70.6 Å². The summed E-state index contributed by atoms with van der Waals surface area (Å²) in [5.74, 6) is 8.77. The zero-order chi connectivity index (χ0) is 45.5. The number of pyridine rings is 2. The van der Waals surface area contributed by atoms with E-state index in [2.05, 4.69) is 185 Å². The van der Waals surface area contributed by atoms with Crippen LogP contribution in [0.15, 0.2) is 162 Å². The van der Waals surface area contributed by atoms with Crippen molar-refractivity contribution >= 4 is 50.8 Å². The first kappa shape index (κ1) is 46.6. The van der Waals surface area contributed by atoms with Crippen LogP contribution in [0, 0.1) is 25.0 Å². The normalized spacial score (nSPS) is 11.8. The number of para-hydroxylation sites is 2. The van der Waals surface area contributed by atoms with Gasteiger partial charge in [0.2, 0.25) is 0 Å². The molecule has 6 aromatic carbocycles. The van der Waals surface area contributed by atoms with Gasteiger partial charge >= 0.3 is 126 Å². The van der Waals surface area contributed by atoms with Crippen LogP contribution in [-0.4, -0.2) is 32.8 Å². The van der Waals surface area contributed by atoms with Gasteiger partial charge < -0.3 is 8.98 Å². The van der Waals surface area contributed by atoms with E-state index >= 15 is 0 Å². The fraction of sp³-hybridized carbons (Fsp3) is 0.203. The smallest absolute Gasteiger partial charge is 0.139 e. The van der Waals surface area contributed by atoms with E-state index in [1.54, 1.807) is 4.40 Å². The third-order valence-electron chi connectivity index (χ3n) is 12.1. The van der Waals surface area contributed by atoms with Crippen molar-refractivity contribution in [3.05, 3.63) is 187 Å². The standard InChI is InChI=1S/C41H32N3O.C18H24GeN.Ir/c1-26-21-22-30(39-36(26)37-35(45-39)20-13-23-42-37)40-43-33-18-11-12-19-34(33)44(40)38-31(27-14-7-5-8-15-27)24-29(41(2,3)4)25-32(38)28-16-9-6-10-17-28;1-14(2)11-16-12-18(15-9-7-6-8-10-15)20-13-17(16)19(3,4)5;/h5-21,23-25H,1-4H3;6-9,12-14H,11H2,1-5H3;/q2*-1;. The molecule has 10 rings (SSSR count). The fourth-order valence-corrected chi connectivity index (χ4v) is 12.2. The quantitative estimate of drug-likeness (QED) is 0.112. The van der Waals surface area contributed by atoms with Gasteiger partial charge in [0.15, 0.2) is 0 Å². The molecule has 0 fully saturated rings. The van der Waals surface area contributed by atoms with Crippen LogP contribution in [0.25, 0.3) is 83.7 Å². The van der Waals surface area contributed by atoms with Crippen LogP contribution in [0.1, 0.15) is 51.3 Å². The molecular weight excluding hydrogens is 1050 g/mol. The molecule has 1 radical (unpaired) electrons. The van der Waals surface area contributed by atoms with Gasteiger partial charge in [-0.05, 0) is 63.9 Å². The van der Waals surface area contributed by atoms with E-state index in [1.165, 1.54) is 11.1 Å². The summed E-state index contributed by atoms with van der Waals surface area (Å²) in [6.45, 7) is 13.5. The number of furan rings is 1. The van der Waals surface area contributed by atoms with Gasteiger partial charge in [-0.2, -0.15) is 0 Å². The number of aromatic nitrogens is 4. The summed E-state index contributed by atoms with van der Waals surface area (Å²) in [4.78, 5) is 14.7. The van der Waals surface area contributed by atoms with Crippen molar-refractivity contribution in [3.63, 3.8) is 0 Å². The van der Waals surface area contributed by atoms with E-state index in [4.69, 9.17) is 19.4 Å². The molecule has 4 heterocycles. The second-order valence-corrected chi connectivity index (χ2v) is 30.1. The Balaban J connectivity index is 0.000000238. The summed E-state index contributed by atoms with van der Waals surface area (Å²) in [6.07, 6.45) is 5.09. The topological polar surface area (TPSA) is 56.7 Å². The van der Waals surface area contributed by atoms with Crippen LogP contribution in [0.5, 0.6) is 0 Å². The Morgan fingerprint density at radius 2 is 1.39 bits per heavy atom. The summed E-state index contributed by atoms with van der Waals surface area (Å²) >= 11 is -1.86. The van der Waals surface area contributed by atoms with Crippen molar-refractivity contribution in [2.75, 3.05) is 0 Å². The Bertz CT molecular complexity index is 3230. The summed E-state index contributed by atoms with van der Waals surface area (Å²) in [5, 5.41) is 0.993. The molecule has 0 aliphatic carbocycles. The molecule has 0 aliphatic heterocycles. The van der Waals surface area contributed by atoms with Crippen LogP contribution in [0.2, 0.25) is 17.3 Å². The Kier molecular flexibility index (Phi) is 13.5. The number of imidazole rings is 1. The number of nitrogens with zero attached hydrogens (tertiary/aromatic N) is 4. The maximum absolute atomic E-state index is 6.55. The SMILES string of the molecule is CC(C)Cc1cc(-c2[c-]cccc2)nc[c]1[Ge]([CH3])([CH3])[CH3].Cc1c[c-]c(-c2nc3ccccc3n2-c2c(-c3ccccc3)cc(C(C)(C)C)cc2-c2ccccc2)c2oc3cccnc3c12.[Ir]. The monoisotopic (exact) mass is 1100 g/mol. The maximum Gasteiger partial charge on any atom is 0.139 e. The number of rotatable bonds is 8. The molecule has 0 spiro atoms. The largest absolute Gasteiger partial charge is 0.499 e. The average molecular weight is 1100 g/mol. The second kappa shape index (κ2) is 19.1. The van der Waals surface area contributed by atoms with Crippen molar-refractivity contribution in [3.8, 4) is 50.6 Å².